The predicted octanol–water partition coefficient (Wildman–Crippen LogP) is 6.97. The van der Waals surface area contributed by atoms with Gasteiger partial charge in [0.15, 0.2) is 0 Å². The number of hydrogen-bond acceptors (Lipinski definition) is 2. The summed E-state index contributed by atoms with van der Waals surface area (Å²) in [5.41, 5.74) is 5.77. The van der Waals surface area contributed by atoms with E-state index in [9.17, 15) is 0 Å². The monoisotopic (exact) mass is 533 g/mol. The minimum atomic E-state index is -2.68. The number of nitrogens with zero attached hydrogens (tertiary/aromatic N) is 3. The molecule has 3 heterocycles. The molecular weight excluding hydrogens is 494 g/mol. The normalized spacial score (nSPS) is 12.2. The van der Waals surface area contributed by atoms with Gasteiger partial charge in [-0.25, -0.2) is 4.98 Å². The van der Waals surface area contributed by atoms with Gasteiger partial charge in [0.1, 0.15) is 11.6 Å². The van der Waals surface area contributed by atoms with Crippen molar-refractivity contribution in [3.63, 3.8) is 0 Å². The summed E-state index contributed by atoms with van der Waals surface area (Å²) in [6.07, 6.45) is 0. The molecule has 0 aliphatic rings. The highest BCUT2D eigenvalue weighted by atomic mass is 28.4. The van der Waals surface area contributed by atoms with Gasteiger partial charge in [0.25, 0.3) is 8.32 Å². The van der Waals surface area contributed by atoms with Crippen molar-refractivity contribution in [2.45, 2.75) is 60.1 Å². The zero-order valence-corrected chi connectivity index (χ0v) is 25.2. The molecule has 0 aliphatic carbocycles. The molecule has 200 valence electrons. The fourth-order valence-corrected chi connectivity index (χ4v) is 10.4. The third-order valence-electron chi connectivity index (χ3n) is 7.73. The molecule has 0 aliphatic heterocycles. The molecule has 0 fully saturated rings. The van der Waals surface area contributed by atoms with Crippen molar-refractivity contribution in [3.05, 3.63) is 125 Å². The topological polar surface area (TPSA) is 32.0 Å². The molecule has 0 radical (unpaired) electrons. The summed E-state index contributed by atoms with van der Waals surface area (Å²) in [5, 5.41) is 2.48. The van der Waals surface area contributed by atoms with Crippen LogP contribution < -0.4 is 10.4 Å². The average molecular weight is 534 g/mol. The number of aryl methyl sites for hydroxylation is 4. The van der Waals surface area contributed by atoms with Gasteiger partial charge in [-0.1, -0.05) is 81.4 Å². The molecule has 39 heavy (non-hydrogen) atoms. The van der Waals surface area contributed by atoms with E-state index in [2.05, 4.69) is 155 Å². The number of hydrogen-bond donors (Lipinski definition) is 0. The van der Waals surface area contributed by atoms with Crippen LogP contribution in [0.4, 0.5) is 0 Å². The highest BCUT2D eigenvalue weighted by Gasteiger charge is 2.50. The second kappa shape index (κ2) is 10.5. The molecule has 4 nitrogen and oxygen atoms in total. The highest BCUT2D eigenvalue weighted by molar-refractivity contribution is 6.99. The van der Waals surface area contributed by atoms with Crippen LogP contribution in [0.15, 0.2) is 97.1 Å². The van der Waals surface area contributed by atoms with Gasteiger partial charge < -0.3 is 13.6 Å². The Bertz CT molecular complexity index is 1430. The van der Waals surface area contributed by atoms with E-state index in [1.807, 2.05) is 0 Å². The second-order valence-electron chi connectivity index (χ2n) is 11.5. The molecule has 2 aromatic carbocycles. The number of benzene rings is 2. The Kier molecular flexibility index (Phi) is 7.23. The van der Waals surface area contributed by atoms with Gasteiger partial charge in [-0.2, -0.15) is 0 Å². The maximum atomic E-state index is 7.31. The summed E-state index contributed by atoms with van der Waals surface area (Å²) < 4.78 is 11.8. The van der Waals surface area contributed by atoms with Crippen LogP contribution in [0.5, 0.6) is 0 Å². The average Bonchev–Trinajstić information content (AvgIpc) is 3.43. The fraction of sp³-hybridized carbons (Fsp3) is 0.265. The maximum Gasteiger partial charge on any atom is 0.261 e. The minimum absolute atomic E-state index is 0.0877. The Labute approximate surface area is 234 Å². The van der Waals surface area contributed by atoms with E-state index < -0.39 is 8.32 Å². The van der Waals surface area contributed by atoms with Crippen molar-refractivity contribution < 1.29 is 4.43 Å². The maximum absolute atomic E-state index is 7.31. The smallest absolute Gasteiger partial charge is 0.261 e. The third-order valence-corrected chi connectivity index (χ3v) is 12.7. The van der Waals surface area contributed by atoms with Crippen LogP contribution in [0.2, 0.25) is 5.04 Å². The molecular formula is C34H39N3OSi. The van der Waals surface area contributed by atoms with Crippen molar-refractivity contribution in [2.24, 2.45) is 0 Å². The van der Waals surface area contributed by atoms with Crippen LogP contribution in [0.25, 0.3) is 11.6 Å². The van der Waals surface area contributed by atoms with E-state index in [1.165, 1.54) is 10.4 Å². The molecule has 5 rings (SSSR count). The van der Waals surface area contributed by atoms with E-state index in [1.54, 1.807) is 0 Å². The van der Waals surface area contributed by atoms with Gasteiger partial charge >= 0.3 is 0 Å². The SMILES string of the molecule is Cc1ccc(C)n1-c1cc(CO[Si](c2ccccc2)(c2ccccc2)C(C)(C)C)cc(-n2c(C)ccc2C)n1. The molecule has 0 amide bonds. The molecule has 0 unspecified atom stereocenters. The molecule has 5 heteroatoms. The first-order valence-electron chi connectivity index (χ1n) is 13.7. The number of rotatable bonds is 7. The van der Waals surface area contributed by atoms with Crippen molar-refractivity contribution in [1.82, 2.24) is 14.1 Å². The van der Waals surface area contributed by atoms with Crippen LogP contribution in [-0.4, -0.2) is 22.4 Å². The van der Waals surface area contributed by atoms with Crippen molar-refractivity contribution in [2.75, 3.05) is 0 Å². The molecule has 0 saturated carbocycles. The van der Waals surface area contributed by atoms with Gasteiger partial charge in [-0.3, -0.25) is 0 Å². The summed E-state index contributed by atoms with van der Waals surface area (Å²) in [4.78, 5) is 5.15. The first-order chi connectivity index (χ1) is 18.6. The zero-order valence-electron chi connectivity index (χ0n) is 24.2. The molecule has 0 saturated heterocycles. The molecule has 0 bridgehead atoms. The van der Waals surface area contributed by atoms with Crippen LogP contribution in [-0.2, 0) is 11.0 Å². The van der Waals surface area contributed by atoms with Gasteiger partial charge in [0.2, 0.25) is 0 Å². The number of pyridine rings is 1. The van der Waals surface area contributed by atoms with Crippen LogP contribution in [0.1, 0.15) is 49.1 Å². The summed E-state index contributed by atoms with van der Waals surface area (Å²) in [6, 6.07) is 34.6. The second-order valence-corrected chi connectivity index (χ2v) is 15.9. The van der Waals surface area contributed by atoms with Crippen molar-refractivity contribution in [1.29, 1.82) is 0 Å². The van der Waals surface area contributed by atoms with Crippen LogP contribution in [0.3, 0.4) is 0 Å². The summed E-state index contributed by atoms with van der Waals surface area (Å²) >= 11 is 0. The zero-order chi connectivity index (χ0) is 27.8. The standard InChI is InChI=1S/C34H39N3OSi/c1-25-18-19-26(2)36(25)32-22-29(23-33(35-32)37-27(3)20-21-28(37)4)24-38-39(34(5,6)7,30-14-10-8-11-15-30)31-16-12-9-13-17-31/h8-23H,24H2,1-7H3. The Morgan fingerprint density at radius 1 is 0.615 bits per heavy atom. The summed E-state index contributed by atoms with van der Waals surface area (Å²) in [5.74, 6) is 1.84. The molecule has 3 aromatic heterocycles. The van der Waals surface area contributed by atoms with Gasteiger partial charge in [-0.05, 0) is 85.1 Å². The summed E-state index contributed by atoms with van der Waals surface area (Å²) in [7, 11) is -2.68. The first kappa shape index (κ1) is 26.9. The van der Waals surface area contributed by atoms with E-state index >= 15 is 0 Å². The molecule has 0 spiro atoms. The largest absolute Gasteiger partial charge is 0.403 e. The lowest BCUT2D eigenvalue weighted by molar-refractivity contribution is 0.286. The highest BCUT2D eigenvalue weighted by Crippen LogP contribution is 2.37. The molecule has 0 N–H and O–H groups in total. The fourth-order valence-electron chi connectivity index (χ4n) is 5.88. The van der Waals surface area contributed by atoms with E-state index in [0.717, 1.165) is 40.0 Å². The lowest BCUT2D eigenvalue weighted by atomic mass is 10.2. The van der Waals surface area contributed by atoms with Gasteiger partial charge in [0.05, 0.1) is 6.61 Å². The van der Waals surface area contributed by atoms with Gasteiger partial charge in [-0.15, -0.1) is 0 Å². The van der Waals surface area contributed by atoms with Crippen LogP contribution in [0, 0.1) is 27.7 Å². The number of aromatic nitrogens is 3. The lowest BCUT2D eigenvalue weighted by Crippen LogP contribution is -2.66. The van der Waals surface area contributed by atoms with E-state index in [0.29, 0.717) is 6.61 Å². The van der Waals surface area contributed by atoms with E-state index in [4.69, 9.17) is 9.41 Å². The Balaban J connectivity index is 1.66. The minimum Gasteiger partial charge on any atom is -0.403 e. The Morgan fingerprint density at radius 2 is 1.00 bits per heavy atom. The van der Waals surface area contributed by atoms with Crippen molar-refractivity contribution in [3.8, 4) is 11.6 Å². The quantitative estimate of drug-likeness (QED) is 0.212. The van der Waals surface area contributed by atoms with Crippen LogP contribution >= 0.6 is 0 Å². The van der Waals surface area contributed by atoms with E-state index in [-0.39, 0.29) is 5.04 Å². The molecule has 0 atom stereocenters. The third kappa shape index (κ3) is 4.93. The predicted molar refractivity (Wildman–Crippen MR) is 164 cm³/mol. The Morgan fingerprint density at radius 3 is 1.36 bits per heavy atom. The molecule has 5 aromatic rings. The lowest BCUT2D eigenvalue weighted by Gasteiger charge is -2.43. The van der Waals surface area contributed by atoms with Gasteiger partial charge in [0, 0.05) is 22.8 Å². The first-order valence-corrected chi connectivity index (χ1v) is 15.6. The summed E-state index contributed by atoms with van der Waals surface area (Å²) in [6.45, 7) is 16.0. The van der Waals surface area contributed by atoms with Crippen molar-refractivity contribution >= 4 is 18.7 Å². The Hall–Kier alpha value is -3.67.